The highest BCUT2D eigenvalue weighted by Crippen LogP contribution is 2.25. The molecule has 2 aromatic rings. The van der Waals surface area contributed by atoms with E-state index in [4.69, 9.17) is 4.74 Å². The van der Waals surface area contributed by atoms with Gasteiger partial charge in [-0.2, -0.15) is 0 Å². The Hall–Kier alpha value is -1.81. The van der Waals surface area contributed by atoms with Crippen LogP contribution in [0.4, 0.5) is 0 Å². The molecule has 3 nitrogen and oxygen atoms in total. The predicted octanol–water partition coefficient (Wildman–Crippen LogP) is 4.25. The van der Waals surface area contributed by atoms with Crippen molar-refractivity contribution in [3.8, 4) is 5.75 Å². The first-order chi connectivity index (χ1) is 11.1. The largest absolute Gasteiger partial charge is 0.497 e. The molecule has 0 radical (unpaired) electrons. The molecule has 0 saturated heterocycles. The van der Waals surface area contributed by atoms with Crippen molar-refractivity contribution < 1.29 is 9.53 Å². The van der Waals surface area contributed by atoms with Crippen LogP contribution in [0.2, 0.25) is 0 Å². The van der Waals surface area contributed by atoms with Gasteiger partial charge in [0, 0.05) is 11.4 Å². The van der Waals surface area contributed by atoms with Crippen LogP contribution in [0.5, 0.6) is 5.75 Å². The molecule has 0 aliphatic carbocycles. The number of amides is 1. The number of thiophene rings is 1. The molecule has 0 fully saturated rings. The van der Waals surface area contributed by atoms with E-state index in [0.29, 0.717) is 5.92 Å². The van der Waals surface area contributed by atoms with E-state index < -0.39 is 0 Å². The molecular weight excluding hydrogens is 306 g/mol. The number of methoxy groups -OCH3 is 1. The third-order valence-corrected chi connectivity index (χ3v) is 4.74. The Bertz CT molecular complexity index is 590. The van der Waals surface area contributed by atoms with Crippen LogP contribution in [0.1, 0.15) is 36.6 Å². The van der Waals surface area contributed by atoms with Gasteiger partial charge < -0.3 is 10.1 Å². The van der Waals surface area contributed by atoms with Gasteiger partial charge in [0.15, 0.2) is 0 Å². The fourth-order valence-electron chi connectivity index (χ4n) is 2.44. The van der Waals surface area contributed by atoms with Gasteiger partial charge in [0.2, 0.25) is 5.91 Å². The van der Waals surface area contributed by atoms with E-state index in [0.717, 1.165) is 30.7 Å². The molecule has 1 unspecified atom stereocenters. The number of nitrogens with one attached hydrogen (secondary N) is 1. The maximum Gasteiger partial charge on any atom is 0.227 e. The number of benzene rings is 1. The highest BCUT2D eigenvalue weighted by Gasteiger charge is 2.21. The molecule has 1 aromatic carbocycles. The number of ether oxygens (including phenoxy) is 1. The zero-order chi connectivity index (χ0) is 16.7. The number of hydrogen-bond acceptors (Lipinski definition) is 3. The van der Waals surface area contributed by atoms with Gasteiger partial charge in [-0.05, 0) is 47.9 Å². The number of hydrogen-bond donors (Lipinski definition) is 1. The van der Waals surface area contributed by atoms with Gasteiger partial charge in [-0.15, -0.1) is 11.3 Å². The lowest BCUT2D eigenvalue weighted by Gasteiger charge is -2.17. The number of rotatable bonds is 8. The summed E-state index contributed by atoms with van der Waals surface area (Å²) in [5.74, 6) is 1.34. The van der Waals surface area contributed by atoms with Crippen molar-refractivity contribution in [1.82, 2.24) is 5.32 Å². The minimum atomic E-state index is -0.160. The standard InChI is InChI=1S/C19H25NO2S/c1-14(2)10-11-20-19(21)18(13-17-5-4-12-23-17)15-6-8-16(22-3)9-7-15/h4-9,12,14,18H,10-11,13H2,1-3H3,(H,20,21). The summed E-state index contributed by atoms with van der Waals surface area (Å²) in [6.07, 6.45) is 1.73. The van der Waals surface area contributed by atoms with Gasteiger partial charge in [-0.25, -0.2) is 0 Å². The van der Waals surface area contributed by atoms with Gasteiger partial charge in [0.1, 0.15) is 5.75 Å². The number of carbonyl (C=O) groups excluding carboxylic acids is 1. The molecule has 124 valence electrons. The summed E-state index contributed by atoms with van der Waals surface area (Å²) in [7, 11) is 1.65. The Balaban J connectivity index is 2.11. The third kappa shape index (κ3) is 5.39. The van der Waals surface area contributed by atoms with E-state index in [9.17, 15) is 4.79 Å². The Labute approximate surface area is 142 Å². The molecule has 0 aliphatic rings. The van der Waals surface area contributed by atoms with Crippen LogP contribution in [-0.2, 0) is 11.2 Å². The molecular formula is C19H25NO2S. The zero-order valence-electron chi connectivity index (χ0n) is 14.0. The summed E-state index contributed by atoms with van der Waals surface area (Å²) >= 11 is 1.70. The summed E-state index contributed by atoms with van der Waals surface area (Å²) in [5, 5.41) is 5.14. The molecule has 2 rings (SSSR count). The van der Waals surface area contributed by atoms with Crippen LogP contribution in [0.25, 0.3) is 0 Å². The maximum atomic E-state index is 12.7. The molecule has 1 amide bonds. The Morgan fingerprint density at radius 2 is 1.96 bits per heavy atom. The summed E-state index contributed by atoms with van der Waals surface area (Å²) in [4.78, 5) is 13.9. The van der Waals surface area contributed by atoms with Gasteiger partial charge in [-0.1, -0.05) is 32.0 Å². The second kappa shape index (κ2) is 8.73. The molecule has 0 spiro atoms. The first kappa shape index (κ1) is 17.5. The van der Waals surface area contributed by atoms with E-state index in [1.807, 2.05) is 30.3 Å². The average Bonchev–Trinajstić information content (AvgIpc) is 3.05. The molecule has 0 saturated carbocycles. The molecule has 1 N–H and O–H groups in total. The minimum absolute atomic E-state index is 0.101. The summed E-state index contributed by atoms with van der Waals surface area (Å²) in [6, 6.07) is 11.9. The fraction of sp³-hybridized carbons (Fsp3) is 0.421. The zero-order valence-corrected chi connectivity index (χ0v) is 14.9. The van der Waals surface area contributed by atoms with Crippen molar-refractivity contribution in [3.05, 3.63) is 52.2 Å². The minimum Gasteiger partial charge on any atom is -0.497 e. The monoisotopic (exact) mass is 331 g/mol. The van der Waals surface area contributed by atoms with Crippen molar-refractivity contribution in [2.45, 2.75) is 32.6 Å². The third-order valence-electron chi connectivity index (χ3n) is 3.84. The lowest BCUT2D eigenvalue weighted by Crippen LogP contribution is -2.31. The average molecular weight is 331 g/mol. The lowest BCUT2D eigenvalue weighted by atomic mass is 9.94. The van der Waals surface area contributed by atoms with E-state index in [2.05, 4.69) is 30.6 Å². The van der Waals surface area contributed by atoms with Gasteiger partial charge in [-0.3, -0.25) is 4.79 Å². The highest BCUT2D eigenvalue weighted by molar-refractivity contribution is 7.09. The van der Waals surface area contributed by atoms with Crippen LogP contribution in [0.3, 0.4) is 0 Å². The molecule has 23 heavy (non-hydrogen) atoms. The molecule has 0 bridgehead atoms. The normalized spacial score (nSPS) is 12.2. The Morgan fingerprint density at radius 1 is 1.22 bits per heavy atom. The molecule has 1 aromatic heterocycles. The molecule has 1 atom stereocenters. The fourth-order valence-corrected chi connectivity index (χ4v) is 3.19. The maximum absolute atomic E-state index is 12.7. The first-order valence-corrected chi connectivity index (χ1v) is 8.92. The first-order valence-electron chi connectivity index (χ1n) is 8.04. The van der Waals surface area contributed by atoms with Crippen molar-refractivity contribution >= 4 is 17.2 Å². The Kier molecular flexibility index (Phi) is 6.66. The van der Waals surface area contributed by atoms with E-state index >= 15 is 0 Å². The second-order valence-corrected chi connectivity index (χ2v) is 7.12. The van der Waals surface area contributed by atoms with Crippen molar-refractivity contribution in [2.24, 2.45) is 5.92 Å². The van der Waals surface area contributed by atoms with Crippen LogP contribution in [-0.4, -0.2) is 19.6 Å². The topological polar surface area (TPSA) is 38.3 Å². The van der Waals surface area contributed by atoms with Crippen LogP contribution in [0, 0.1) is 5.92 Å². The second-order valence-electron chi connectivity index (χ2n) is 6.08. The number of carbonyl (C=O) groups is 1. The predicted molar refractivity (Wildman–Crippen MR) is 96.2 cm³/mol. The van der Waals surface area contributed by atoms with Crippen LogP contribution in [0.15, 0.2) is 41.8 Å². The lowest BCUT2D eigenvalue weighted by molar-refractivity contribution is -0.122. The van der Waals surface area contributed by atoms with Gasteiger partial charge in [0.05, 0.1) is 13.0 Å². The van der Waals surface area contributed by atoms with E-state index in [1.165, 1.54) is 4.88 Å². The van der Waals surface area contributed by atoms with Crippen molar-refractivity contribution in [1.29, 1.82) is 0 Å². The Morgan fingerprint density at radius 3 is 2.52 bits per heavy atom. The van der Waals surface area contributed by atoms with Gasteiger partial charge in [0.25, 0.3) is 0 Å². The highest BCUT2D eigenvalue weighted by atomic mass is 32.1. The molecule has 1 heterocycles. The summed E-state index contributed by atoms with van der Waals surface area (Å²) in [5.41, 5.74) is 1.03. The SMILES string of the molecule is COc1ccc(C(Cc2cccs2)C(=O)NCCC(C)C)cc1. The van der Waals surface area contributed by atoms with Crippen molar-refractivity contribution in [3.63, 3.8) is 0 Å². The van der Waals surface area contributed by atoms with Gasteiger partial charge >= 0.3 is 0 Å². The summed E-state index contributed by atoms with van der Waals surface area (Å²) < 4.78 is 5.21. The van der Waals surface area contributed by atoms with Crippen LogP contribution < -0.4 is 10.1 Å². The quantitative estimate of drug-likeness (QED) is 0.785. The van der Waals surface area contributed by atoms with E-state index in [-0.39, 0.29) is 11.8 Å². The van der Waals surface area contributed by atoms with E-state index in [1.54, 1.807) is 18.4 Å². The smallest absolute Gasteiger partial charge is 0.227 e. The molecule has 4 heteroatoms. The van der Waals surface area contributed by atoms with Crippen molar-refractivity contribution in [2.75, 3.05) is 13.7 Å². The van der Waals surface area contributed by atoms with Crippen LogP contribution >= 0.6 is 11.3 Å². The summed E-state index contributed by atoms with van der Waals surface area (Å²) in [6.45, 7) is 5.06. The molecule has 0 aliphatic heterocycles.